The van der Waals surface area contributed by atoms with Crippen LogP contribution in [0.5, 0.6) is 0 Å². The third-order valence-corrected chi connectivity index (χ3v) is 3.01. The van der Waals surface area contributed by atoms with Gasteiger partial charge >= 0.3 is 5.97 Å². The Balaban J connectivity index is 2.78. The van der Waals surface area contributed by atoms with E-state index in [9.17, 15) is 9.18 Å². The van der Waals surface area contributed by atoms with Gasteiger partial charge in [-0.2, -0.15) is 11.8 Å². The van der Waals surface area contributed by atoms with E-state index >= 15 is 0 Å². The second-order valence-electron chi connectivity index (χ2n) is 3.48. The Morgan fingerprint density at radius 2 is 2.20 bits per heavy atom. The fraction of sp³-hybridized carbons (Fsp3) is 0.364. The first-order valence-electron chi connectivity index (χ1n) is 4.64. The second kappa shape index (κ2) is 5.16. The first-order valence-corrected chi connectivity index (χ1v) is 5.69. The first kappa shape index (κ1) is 12.0. The molecule has 0 saturated heterocycles. The van der Waals surface area contributed by atoms with Crippen LogP contribution in [-0.4, -0.2) is 16.3 Å². The molecule has 0 aromatic heterocycles. The molecule has 2 nitrogen and oxygen atoms in total. The highest BCUT2D eigenvalue weighted by Gasteiger charge is 2.10. The summed E-state index contributed by atoms with van der Waals surface area (Å²) >= 11 is 1.69. The summed E-state index contributed by atoms with van der Waals surface area (Å²) in [5, 5.41) is 9.11. The fourth-order valence-electron chi connectivity index (χ4n) is 1.08. The van der Waals surface area contributed by atoms with Crippen LogP contribution in [0.2, 0.25) is 0 Å². The Morgan fingerprint density at radius 3 is 2.67 bits per heavy atom. The lowest BCUT2D eigenvalue weighted by Gasteiger charge is -2.05. The molecule has 0 atom stereocenters. The van der Waals surface area contributed by atoms with E-state index in [2.05, 4.69) is 13.8 Å². The van der Waals surface area contributed by atoms with Crippen LogP contribution in [0.15, 0.2) is 18.2 Å². The van der Waals surface area contributed by atoms with Gasteiger partial charge in [0.05, 0.1) is 5.56 Å². The van der Waals surface area contributed by atoms with Gasteiger partial charge in [-0.15, -0.1) is 0 Å². The SMILES string of the molecule is CC(C)SCc1ccc(C(=O)O)c(F)c1. The maximum Gasteiger partial charge on any atom is 0.338 e. The molecule has 82 valence electrons. The summed E-state index contributed by atoms with van der Waals surface area (Å²) in [5.41, 5.74) is 0.546. The second-order valence-corrected chi connectivity index (χ2v) is 5.04. The number of carboxylic acids is 1. The van der Waals surface area contributed by atoms with Crippen molar-refractivity contribution >= 4 is 17.7 Å². The Bertz CT molecular complexity index is 364. The predicted molar refractivity (Wildman–Crippen MR) is 59.8 cm³/mol. The number of halogens is 1. The van der Waals surface area contributed by atoms with E-state index in [4.69, 9.17) is 5.11 Å². The lowest BCUT2D eigenvalue weighted by atomic mass is 10.1. The number of carboxylic acid groups (broad SMARTS) is 1. The molecule has 0 fully saturated rings. The highest BCUT2D eigenvalue weighted by molar-refractivity contribution is 7.99. The number of benzene rings is 1. The van der Waals surface area contributed by atoms with E-state index < -0.39 is 11.8 Å². The van der Waals surface area contributed by atoms with Crippen LogP contribution >= 0.6 is 11.8 Å². The summed E-state index contributed by atoms with van der Waals surface area (Å²) in [6.07, 6.45) is 0. The third kappa shape index (κ3) is 3.55. The Labute approximate surface area is 92.5 Å². The number of rotatable bonds is 4. The van der Waals surface area contributed by atoms with Gasteiger partial charge in [0.2, 0.25) is 0 Å². The minimum absolute atomic E-state index is 0.270. The van der Waals surface area contributed by atoms with E-state index in [0.717, 1.165) is 5.56 Å². The molecule has 0 unspecified atom stereocenters. The molecule has 1 aromatic carbocycles. The standard InChI is InChI=1S/C11H13FO2S/c1-7(2)15-6-8-3-4-9(11(13)14)10(12)5-8/h3-5,7H,6H2,1-2H3,(H,13,14). The lowest BCUT2D eigenvalue weighted by molar-refractivity contribution is 0.0692. The fourth-order valence-corrected chi connectivity index (χ4v) is 1.79. The molecule has 0 spiro atoms. The van der Waals surface area contributed by atoms with E-state index in [0.29, 0.717) is 11.0 Å². The van der Waals surface area contributed by atoms with E-state index in [-0.39, 0.29) is 5.56 Å². The van der Waals surface area contributed by atoms with Gasteiger partial charge in [0.15, 0.2) is 0 Å². The van der Waals surface area contributed by atoms with Gasteiger partial charge in [0.1, 0.15) is 5.82 Å². The molecule has 0 heterocycles. The molecule has 1 aromatic rings. The van der Waals surface area contributed by atoms with Gasteiger partial charge < -0.3 is 5.11 Å². The summed E-state index contributed by atoms with van der Waals surface area (Å²) in [7, 11) is 0. The maximum absolute atomic E-state index is 13.2. The lowest BCUT2D eigenvalue weighted by Crippen LogP contribution is -2.01. The van der Waals surface area contributed by atoms with Crippen molar-refractivity contribution in [1.82, 2.24) is 0 Å². The van der Waals surface area contributed by atoms with Crippen molar-refractivity contribution in [2.75, 3.05) is 0 Å². The maximum atomic E-state index is 13.2. The third-order valence-electron chi connectivity index (χ3n) is 1.85. The first-order chi connectivity index (χ1) is 7.00. The molecule has 0 aliphatic heterocycles. The molecule has 0 aliphatic rings. The molecule has 0 radical (unpaired) electrons. The van der Waals surface area contributed by atoms with Crippen LogP contribution in [0.1, 0.15) is 29.8 Å². The summed E-state index contributed by atoms with van der Waals surface area (Å²) < 4.78 is 13.2. The van der Waals surface area contributed by atoms with Crippen molar-refractivity contribution in [3.05, 3.63) is 35.1 Å². The zero-order chi connectivity index (χ0) is 11.4. The van der Waals surface area contributed by atoms with Crippen molar-refractivity contribution in [3.63, 3.8) is 0 Å². The van der Waals surface area contributed by atoms with E-state index in [1.54, 1.807) is 17.8 Å². The predicted octanol–water partition coefficient (Wildman–Crippen LogP) is 3.17. The monoisotopic (exact) mass is 228 g/mol. The Kier molecular flexibility index (Phi) is 4.15. The van der Waals surface area contributed by atoms with Gasteiger partial charge in [-0.25, -0.2) is 9.18 Å². The van der Waals surface area contributed by atoms with Crippen LogP contribution in [0.3, 0.4) is 0 Å². The minimum atomic E-state index is -1.23. The van der Waals surface area contributed by atoms with Crippen molar-refractivity contribution in [1.29, 1.82) is 0 Å². The minimum Gasteiger partial charge on any atom is -0.478 e. The summed E-state index contributed by atoms with van der Waals surface area (Å²) in [5.74, 6) is -1.19. The summed E-state index contributed by atoms with van der Waals surface area (Å²) in [4.78, 5) is 10.6. The summed E-state index contributed by atoms with van der Waals surface area (Å²) in [6.45, 7) is 4.12. The van der Waals surface area contributed by atoms with Crippen LogP contribution in [-0.2, 0) is 5.75 Å². The van der Waals surface area contributed by atoms with Gasteiger partial charge in [-0.05, 0) is 22.9 Å². The molecule has 1 rings (SSSR count). The number of carbonyl (C=O) groups is 1. The summed E-state index contributed by atoms with van der Waals surface area (Å²) in [6, 6.07) is 4.26. The molecule has 0 saturated carbocycles. The van der Waals surface area contributed by atoms with Gasteiger partial charge in [0, 0.05) is 5.75 Å². The normalized spacial score (nSPS) is 10.7. The van der Waals surface area contributed by atoms with Crippen LogP contribution in [0.25, 0.3) is 0 Å². The van der Waals surface area contributed by atoms with E-state index in [1.165, 1.54) is 12.1 Å². The van der Waals surface area contributed by atoms with Crippen molar-refractivity contribution in [3.8, 4) is 0 Å². The van der Waals surface area contributed by atoms with Crippen molar-refractivity contribution in [2.24, 2.45) is 0 Å². The Hall–Kier alpha value is -1.03. The number of aromatic carboxylic acids is 1. The molecular weight excluding hydrogens is 215 g/mol. The molecule has 1 N–H and O–H groups in total. The molecular formula is C11H13FO2S. The highest BCUT2D eigenvalue weighted by Crippen LogP contribution is 2.19. The van der Waals surface area contributed by atoms with Crippen LogP contribution < -0.4 is 0 Å². The van der Waals surface area contributed by atoms with Crippen LogP contribution in [0, 0.1) is 5.82 Å². The topological polar surface area (TPSA) is 37.3 Å². The molecule has 15 heavy (non-hydrogen) atoms. The number of hydrogen-bond donors (Lipinski definition) is 1. The quantitative estimate of drug-likeness (QED) is 0.860. The molecule has 0 amide bonds. The zero-order valence-corrected chi connectivity index (χ0v) is 9.47. The van der Waals surface area contributed by atoms with Gasteiger partial charge in [-0.3, -0.25) is 0 Å². The Morgan fingerprint density at radius 1 is 1.53 bits per heavy atom. The smallest absolute Gasteiger partial charge is 0.338 e. The molecule has 4 heteroatoms. The van der Waals surface area contributed by atoms with Crippen molar-refractivity contribution in [2.45, 2.75) is 24.9 Å². The number of hydrogen-bond acceptors (Lipinski definition) is 2. The number of thioether (sulfide) groups is 1. The van der Waals surface area contributed by atoms with E-state index in [1.807, 2.05) is 0 Å². The molecule has 0 aliphatic carbocycles. The average Bonchev–Trinajstić information content (AvgIpc) is 2.14. The largest absolute Gasteiger partial charge is 0.478 e. The van der Waals surface area contributed by atoms with Crippen LogP contribution in [0.4, 0.5) is 4.39 Å². The van der Waals surface area contributed by atoms with Gasteiger partial charge in [0.25, 0.3) is 0 Å². The highest BCUT2D eigenvalue weighted by atomic mass is 32.2. The zero-order valence-electron chi connectivity index (χ0n) is 8.66. The average molecular weight is 228 g/mol. The van der Waals surface area contributed by atoms with Crippen molar-refractivity contribution < 1.29 is 14.3 Å². The molecule has 0 bridgehead atoms. The van der Waals surface area contributed by atoms with Gasteiger partial charge in [-0.1, -0.05) is 19.9 Å².